The van der Waals surface area contributed by atoms with Crippen LogP contribution < -0.4 is 0 Å². The van der Waals surface area contributed by atoms with Gasteiger partial charge in [-0.3, -0.25) is 37.3 Å². The van der Waals surface area contributed by atoms with E-state index in [0.717, 1.165) is 167 Å². The minimum Gasteiger partial charge on any atom is -0.462 e. The first-order valence-corrected chi connectivity index (χ1v) is 43.4. The van der Waals surface area contributed by atoms with Crippen molar-refractivity contribution in [2.75, 3.05) is 39.6 Å². The summed E-state index contributed by atoms with van der Waals surface area (Å²) in [5.74, 6) is -2.34. The van der Waals surface area contributed by atoms with Crippen molar-refractivity contribution in [3.8, 4) is 0 Å². The molecule has 0 bridgehead atoms. The maximum Gasteiger partial charge on any atom is 0.472 e. The second kappa shape index (κ2) is 77.6. The van der Waals surface area contributed by atoms with Crippen LogP contribution in [0.15, 0.2) is 170 Å². The molecular formula is C87H142O17P2. The highest BCUT2D eigenvalue weighted by atomic mass is 31.2. The fourth-order valence-corrected chi connectivity index (χ4v) is 11.6. The van der Waals surface area contributed by atoms with Gasteiger partial charge in [0.1, 0.15) is 19.3 Å². The topological polar surface area (TPSA) is 237 Å². The van der Waals surface area contributed by atoms with Crippen LogP contribution >= 0.6 is 15.6 Å². The van der Waals surface area contributed by atoms with Crippen molar-refractivity contribution < 1.29 is 80.2 Å². The van der Waals surface area contributed by atoms with E-state index in [4.69, 9.17) is 37.0 Å². The summed E-state index contributed by atoms with van der Waals surface area (Å²) in [6.07, 6.45) is 92.0. The van der Waals surface area contributed by atoms with Crippen LogP contribution in [0.4, 0.5) is 0 Å². The Hall–Kier alpha value is -5.58. The zero-order valence-corrected chi connectivity index (χ0v) is 67.6. The summed E-state index contributed by atoms with van der Waals surface area (Å²) in [6.45, 7) is 4.45. The molecule has 0 spiro atoms. The van der Waals surface area contributed by atoms with Gasteiger partial charge in [0.15, 0.2) is 12.2 Å². The number of unbranched alkanes of at least 4 members (excludes halogenated alkanes) is 20. The van der Waals surface area contributed by atoms with E-state index in [2.05, 4.69) is 180 Å². The normalized spacial score (nSPS) is 14.7. The van der Waals surface area contributed by atoms with Gasteiger partial charge >= 0.3 is 39.5 Å². The van der Waals surface area contributed by atoms with Crippen molar-refractivity contribution in [2.24, 2.45) is 0 Å². The Balaban J connectivity index is 5.47. The summed E-state index contributed by atoms with van der Waals surface area (Å²) >= 11 is 0. The molecule has 0 saturated carbocycles. The van der Waals surface area contributed by atoms with E-state index in [1.165, 1.54) is 44.9 Å². The van der Waals surface area contributed by atoms with Crippen molar-refractivity contribution in [1.29, 1.82) is 0 Å². The van der Waals surface area contributed by atoms with Gasteiger partial charge < -0.3 is 33.8 Å². The zero-order valence-electron chi connectivity index (χ0n) is 65.8. The standard InChI is InChI=1S/C87H142O17P2/c1-5-9-13-17-21-25-29-33-36-38-40-42-45-48-51-55-59-63-67-71-84(89)97-77-82(103-86(91)73-69-65-61-57-53-47-32-28-24-20-16-12-8-4)79-101-105(93,94)99-75-81(88)76-100-106(95,96)102-80-83(104-87(92)74-70-66-62-58-54-50-44-35-31-27-23-19-15-11-7-3)78-98-85(90)72-68-64-60-56-52-49-46-43-41-39-37-34-30-26-22-18-14-10-6-2/h9-10,13-14,21-23,25-28,32-37,40-44,48-49,51-52,60,64,81-83,88H,5-8,11-12,15-20,24,29-31,38-39,45-47,50,53-59,61-63,65-80H2,1-4H3,(H,93,94)(H,95,96)/b13-9-,14-10-,25-21-,26-22-,27-23-,32-28-,36-33-,37-34-,42-40-,43-41-,44-35-,51-48-,52-49-,64-60-. The first-order chi connectivity index (χ1) is 51.7. The molecule has 0 aromatic heterocycles. The van der Waals surface area contributed by atoms with Crippen LogP contribution in [-0.2, 0) is 65.4 Å². The number of phosphoric acid groups is 2. The average Bonchev–Trinajstić information content (AvgIpc) is 0.933. The molecule has 0 amide bonds. The number of hydrogen-bond donors (Lipinski definition) is 3. The molecule has 0 rings (SSSR count). The Morgan fingerprint density at radius 2 is 0.509 bits per heavy atom. The highest BCUT2D eigenvalue weighted by Gasteiger charge is 2.30. The average molecular weight is 1520 g/mol. The Morgan fingerprint density at radius 3 is 0.849 bits per heavy atom. The molecule has 5 atom stereocenters. The summed E-state index contributed by atoms with van der Waals surface area (Å²) in [5, 5.41) is 10.6. The molecule has 0 saturated heterocycles. The van der Waals surface area contributed by atoms with Gasteiger partial charge in [0.2, 0.25) is 0 Å². The highest BCUT2D eigenvalue weighted by molar-refractivity contribution is 7.47. The number of carbonyl (C=O) groups excluding carboxylic acids is 4. The summed E-state index contributed by atoms with van der Waals surface area (Å²) < 4.78 is 68.5. The number of phosphoric ester groups is 2. The molecule has 0 fully saturated rings. The summed E-state index contributed by atoms with van der Waals surface area (Å²) in [7, 11) is -10.0. The number of hydrogen-bond acceptors (Lipinski definition) is 15. The molecular weight excluding hydrogens is 1380 g/mol. The zero-order chi connectivity index (χ0) is 77.4. The van der Waals surface area contributed by atoms with Gasteiger partial charge in [0.25, 0.3) is 0 Å². The van der Waals surface area contributed by atoms with Gasteiger partial charge in [-0.25, -0.2) is 9.13 Å². The van der Waals surface area contributed by atoms with Gasteiger partial charge in [-0.15, -0.1) is 0 Å². The van der Waals surface area contributed by atoms with Crippen LogP contribution in [0.2, 0.25) is 0 Å². The van der Waals surface area contributed by atoms with E-state index < -0.39 is 97.5 Å². The lowest BCUT2D eigenvalue weighted by Crippen LogP contribution is -2.30. The quantitative estimate of drug-likeness (QED) is 0.0169. The molecule has 0 aliphatic heterocycles. The third-order valence-corrected chi connectivity index (χ3v) is 18.1. The molecule has 106 heavy (non-hydrogen) atoms. The first-order valence-electron chi connectivity index (χ1n) is 40.4. The Bertz CT molecular complexity index is 2680. The number of esters is 4. The summed E-state index contributed by atoms with van der Waals surface area (Å²) in [6, 6.07) is 0. The third-order valence-electron chi connectivity index (χ3n) is 16.2. The molecule has 5 unspecified atom stereocenters. The van der Waals surface area contributed by atoms with E-state index in [1.54, 1.807) is 0 Å². The number of rotatable bonds is 74. The minimum atomic E-state index is -5.01. The second-order valence-corrected chi connectivity index (χ2v) is 29.1. The minimum absolute atomic E-state index is 0.0272. The van der Waals surface area contributed by atoms with E-state index >= 15 is 0 Å². The molecule has 0 aliphatic carbocycles. The van der Waals surface area contributed by atoms with Crippen LogP contribution in [0.5, 0.6) is 0 Å². The van der Waals surface area contributed by atoms with Crippen molar-refractivity contribution in [3.05, 3.63) is 170 Å². The van der Waals surface area contributed by atoms with Crippen molar-refractivity contribution >= 4 is 39.5 Å². The number of aliphatic hydroxyl groups is 1. The predicted octanol–water partition coefficient (Wildman–Crippen LogP) is 23.8. The van der Waals surface area contributed by atoms with Gasteiger partial charge in [0, 0.05) is 25.7 Å². The van der Waals surface area contributed by atoms with Gasteiger partial charge in [0.05, 0.1) is 26.4 Å². The molecule has 19 heteroatoms. The molecule has 0 radical (unpaired) electrons. The van der Waals surface area contributed by atoms with Crippen LogP contribution in [0.1, 0.15) is 297 Å². The largest absolute Gasteiger partial charge is 0.472 e. The molecule has 17 nitrogen and oxygen atoms in total. The lowest BCUT2D eigenvalue weighted by Gasteiger charge is -2.21. The first kappa shape index (κ1) is 100. The lowest BCUT2D eigenvalue weighted by molar-refractivity contribution is -0.161. The number of carbonyl (C=O) groups is 4. The van der Waals surface area contributed by atoms with Crippen LogP contribution in [0.25, 0.3) is 0 Å². The van der Waals surface area contributed by atoms with Gasteiger partial charge in [-0.1, -0.05) is 275 Å². The number of ether oxygens (including phenoxy) is 4. The van der Waals surface area contributed by atoms with Gasteiger partial charge in [-0.2, -0.15) is 0 Å². The lowest BCUT2D eigenvalue weighted by atomic mass is 10.1. The molecule has 3 N–H and O–H groups in total. The molecule has 0 aromatic carbocycles. The third kappa shape index (κ3) is 76.6. The Kier molecular flexibility index (Phi) is 73.5. The van der Waals surface area contributed by atoms with Crippen LogP contribution in [-0.4, -0.2) is 96.7 Å². The highest BCUT2D eigenvalue weighted by Crippen LogP contribution is 2.45. The maximum atomic E-state index is 13.1. The van der Waals surface area contributed by atoms with Crippen LogP contribution in [0, 0.1) is 0 Å². The molecule has 0 aromatic rings. The van der Waals surface area contributed by atoms with Gasteiger partial charge in [-0.05, 0) is 167 Å². The van der Waals surface area contributed by atoms with E-state index in [1.807, 2.05) is 18.2 Å². The van der Waals surface area contributed by atoms with Crippen molar-refractivity contribution in [2.45, 2.75) is 316 Å². The monoisotopic (exact) mass is 1520 g/mol. The smallest absolute Gasteiger partial charge is 0.462 e. The summed E-state index contributed by atoms with van der Waals surface area (Å²) in [4.78, 5) is 73.0. The number of allylic oxidation sites excluding steroid dienone is 28. The fraction of sp³-hybridized carbons (Fsp3) is 0.632. The van der Waals surface area contributed by atoms with E-state index in [0.29, 0.717) is 32.1 Å². The SMILES string of the molecule is CC/C=C\C/C=C\C/C=C\C/C=C\C/C=C\C/C=C\CCC(=O)OCC(COP(=O)(O)OCC(O)COP(=O)(O)OCC(COC(=O)CCCCC/C=C\C/C=C\C/C=C\C/C=C\C/C=C\CC)OC(=O)CCCCCCC/C=C\CCCCCC)OC(=O)CCCCCCC/C=C\C/C=C\CCCCC. The predicted molar refractivity (Wildman–Crippen MR) is 436 cm³/mol. The Labute approximate surface area is 642 Å². The van der Waals surface area contributed by atoms with Crippen molar-refractivity contribution in [1.82, 2.24) is 0 Å². The van der Waals surface area contributed by atoms with Crippen molar-refractivity contribution in [3.63, 3.8) is 0 Å². The summed E-state index contributed by atoms with van der Waals surface area (Å²) in [5.41, 5.74) is 0. The molecule has 0 aliphatic rings. The molecule has 0 heterocycles. The fourth-order valence-electron chi connectivity index (χ4n) is 10.1. The van der Waals surface area contributed by atoms with Crippen LogP contribution in [0.3, 0.4) is 0 Å². The van der Waals surface area contributed by atoms with E-state index in [-0.39, 0.29) is 25.7 Å². The molecule has 602 valence electrons. The Morgan fingerprint density at radius 1 is 0.274 bits per heavy atom. The number of aliphatic hydroxyl groups excluding tert-OH is 1. The van der Waals surface area contributed by atoms with E-state index in [9.17, 15) is 43.2 Å². The second-order valence-electron chi connectivity index (χ2n) is 26.2. The maximum absolute atomic E-state index is 13.1.